The van der Waals surface area contributed by atoms with E-state index in [9.17, 15) is 4.79 Å². The molecule has 4 nitrogen and oxygen atoms in total. The van der Waals surface area contributed by atoms with Gasteiger partial charge in [-0.2, -0.15) is 0 Å². The zero-order valence-corrected chi connectivity index (χ0v) is 18.5. The molecule has 0 saturated carbocycles. The second-order valence-electron chi connectivity index (χ2n) is 7.41. The molecule has 0 unspecified atom stereocenters. The van der Waals surface area contributed by atoms with Gasteiger partial charge in [-0.25, -0.2) is 0 Å². The molecule has 0 saturated heterocycles. The van der Waals surface area contributed by atoms with Crippen LogP contribution in [0, 0.1) is 17.8 Å². The SMILES string of the molecule is CCC#CCOc1cccc(N[C@H]([C@H](OCc2ccccc2)C(C)=O)[C@@H](C)CC)c1. The molecule has 0 aromatic heterocycles. The standard InChI is InChI=1S/C26H33NO3/c1-5-7-11-17-29-24-16-12-15-23(18-24)27-25(20(3)6-2)26(21(4)28)30-19-22-13-9-8-10-14-22/h8-10,12-16,18,20,25-27H,5-6,17,19H2,1-4H3/t20-,25-,26+/m0/s1. The lowest BCUT2D eigenvalue weighted by atomic mass is 9.92. The summed E-state index contributed by atoms with van der Waals surface area (Å²) in [6.07, 6.45) is 1.20. The highest BCUT2D eigenvalue weighted by Gasteiger charge is 2.30. The summed E-state index contributed by atoms with van der Waals surface area (Å²) in [7, 11) is 0. The molecule has 0 aliphatic rings. The van der Waals surface area contributed by atoms with Crippen LogP contribution in [0.5, 0.6) is 5.75 Å². The first kappa shape index (κ1) is 23.5. The molecule has 30 heavy (non-hydrogen) atoms. The van der Waals surface area contributed by atoms with Gasteiger partial charge in [-0.05, 0) is 30.5 Å². The van der Waals surface area contributed by atoms with E-state index >= 15 is 0 Å². The number of benzene rings is 2. The van der Waals surface area contributed by atoms with E-state index in [1.807, 2.05) is 61.5 Å². The molecule has 2 aromatic rings. The van der Waals surface area contributed by atoms with E-state index in [0.29, 0.717) is 13.2 Å². The molecule has 0 heterocycles. The molecular weight excluding hydrogens is 374 g/mol. The zero-order chi connectivity index (χ0) is 21.8. The molecule has 0 spiro atoms. The second-order valence-corrected chi connectivity index (χ2v) is 7.41. The Morgan fingerprint density at radius 2 is 1.83 bits per heavy atom. The van der Waals surface area contributed by atoms with Crippen molar-refractivity contribution in [2.45, 2.75) is 59.3 Å². The molecule has 1 N–H and O–H groups in total. The Morgan fingerprint density at radius 1 is 1.07 bits per heavy atom. The minimum absolute atomic E-state index is 0.0194. The normalized spacial score (nSPS) is 13.5. The first-order valence-corrected chi connectivity index (χ1v) is 10.7. The third kappa shape index (κ3) is 7.57. The first-order chi connectivity index (χ1) is 14.5. The van der Waals surface area contributed by atoms with Crippen LogP contribution in [0.2, 0.25) is 0 Å². The highest BCUT2D eigenvalue weighted by atomic mass is 16.5. The highest BCUT2D eigenvalue weighted by molar-refractivity contribution is 5.82. The van der Waals surface area contributed by atoms with Gasteiger partial charge in [0.15, 0.2) is 5.78 Å². The Bertz CT molecular complexity index is 838. The molecule has 0 amide bonds. The smallest absolute Gasteiger partial charge is 0.160 e. The number of ketones is 1. The fraction of sp³-hybridized carbons (Fsp3) is 0.423. The lowest BCUT2D eigenvalue weighted by Gasteiger charge is -2.32. The number of hydrogen-bond donors (Lipinski definition) is 1. The fourth-order valence-electron chi connectivity index (χ4n) is 3.17. The van der Waals surface area contributed by atoms with E-state index in [1.54, 1.807) is 6.92 Å². The fourth-order valence-corrected chi connectivity index (χ4v) is 3.17. The Balaban J connectivity index is 2.14. The van der Waals surface area contributed by atoms with Crippen LogP contribution in [-0.2, 0) is 16.1 Å². The van der Waals surface area contributed by atoms with Crippen LogP contribution in [0.25, 0.3) is 0 Å². The molecule has 2 rings (SSSR count). The van der Waals surface area contributed by atoms with E-state index < -0.39 is 6.10 Å². The van der Waals surface area contributed by atoms with Gasteiger partial charge in [-0.15, -0.1) is 5.92 Å². The molecule has 0 fully saturated rings. The lowest BCUT2D eigenvalue weighted by molar-refractivity contribution is -0.131. The van der Waals surface area contributed by atoms with Gasteiger partial charge < -0.3 is 14.8 Å². The summed E-state index contributed by atoms with van der Waals surface area (Å²) in [6, 6.07) is 17.6. The van der Waals surface area contributed by atoms with Crippen molar-refractivity contribution >= 4 is 11.5 Å². The van der Waals surface area contributed by atoms with E-state index in [-0.39, 0.29) is 17.7 Å². The number of ether oxygens (including phenoxy) is 2. The monoisotopic (exact) mass is 407 g/mol. The van der Waals surface area contributed by atoms with Crippen LogP contribution >= 0.6 is 0 Å². The van der Waals surface area contributed by atoms with E-state index in [4.69, 9.17) is 9.47 Å². The zero-order valence-electron chi connectivity index (χ0n) is 18.5. The predicted octanol–water partition coefficient (Wildman–Crippen LogP) is 5.48. The Labute approximate surface area is 181 Å². The molecule has 0 radical (unpaired) electrons. The van der Waals surface area contributed by atoms with Crippen LogP contribution in [0.3, 0.4) is 0 Å². The van der Waals surface area contributed by atoms with Gasteiger partial charge in [-0.1, -0.05) is 69.5 Å². The lowest BCUT2D eigenvalue weighted by Crippen LogP contribution is -2.44. The van der Waals surface area contributed by atoms with Crippen LogP contribution in [-0.4, -0.2) is 24.5 Å². The van der Waals surface area contributed by atoms with E-state index in [0.717, 1.165) is 29.8 Å². The summed E-state index contributed by atoms with van der Waals surface area (Å²) in [5.41, 5.74) is 1.95. The minimum Gasteiger partial charge on any atom is -0.481 e. The first-order valence-electron chi connectivity index (χ1n) is 10.7. The largest absolute Gasteiger partial charge is 0.481 e. The number of Topliss-reactive ketones (excluding diaryl/α,β-unsaturated/α-hetero) is 1. The third-order valence-electron chi connectivity index (χ3n) is 5.04. The Kier molecular flexibility index (Phi) is 9.97. The summed E-state index contributed by atoms with van der Waals surface area (Å²) in [5, 5.41) is 3.53. The van der Waals surface area contributed by atoms with Crippen LogP contribution in [0.15, 0.2) is 54.6 Å². The van der Waals surface area contributed by atoms with Crippen molar-refractivity contribution in [2.75, 3.05) is 11.9 Å². The van der Waals surface area contributed by atoms with Gasteiger partial charge in [0.1, 0.15) is 18.5 Å². The van der Waals surface area contributed by atoms with Gasteiger partial charge >= 0.3 is 0 Å². The third-order valence-corrected chi connectivity index (χ3v) is 5.04. The van der Waals surface area contributed by atoms with Gasteiger partial charge in [0, 0.05) is 18.2 Å². The van der Waals surface area contributed by atoms with Gasteiger partial charge in [0.05, 0.1) is 12.6 Å². The summed E-state index contributed by atoms with van der Waals surface area (Å²) >= 11 is 0. The number of hydrogen-bond acceptors (Lipinski definition) is 4. The van der Waals surface area contributed by atoms with E-state index in [1.165, 1.54) is 0 Å². The van der Waals surface area contributed by atoms with Crippen molar-refractivity contribution in [3.05, 3.63) is 60.2 Å². The van der Waals surface area contributed by atoms with Gasteiger partial charge in [0.25, 0.3) is 0 Å². The Morgan fingerprint density at radius 3 is 2.50 bits per heavy atom. The second kappa shape index (κ2) is 12.7. The molecule has 0 aliphatic carbocycles. The van der Waals surface area contributed by atoms with Crippen molar-refractivity contribution in [2.24, 2.45) is 5.92 Å². The maximum Gasteiger partial charge on any atom is 0.160 e. The van der Waals surface area contributed by atoms with Crippen molar-refractivity contribution in [1.29, 1.82) is 0 Å². The molecule has 3 atom stereocenters. The number of anilines is 1. The maximum absolute atomic E-state index is 12.5. The molecule has 0 bridgehead atoms. The average molecular weight is 408 g/mol. The van der Waals surface area contributed by atoms with Crippen molar-refractivity contribution in [1.82, 2.24) is 0 Å². The summed E-state index contributed by atoms with van der Waals surface area (Å²) in [5.74, 6) is 6.99. The van der Waals surface area contributed by atoms with E-state index in [2.05, 4.69) is 31.0 Å². The number of carbonyl (C=O) groups is 1. The topological polar surface area (TPSA) is 47.6 Å². The van der Waals surface area contributed by atoms with Gasteiger partial charge in [-0.3, -0.25) is 4.79 Å². The minimum atomic E-state index is -0.542. The quantitative estimate of drug-likeness (QED) is 0.501. The van der Waals surface area contributed by atoms with Crippen molar-refractivity contribution in [3.8, 4) is 17.6 Å². The molecule has 4 heteroatoms. The molecular formula is C26H33NO3. The molecule has 2 aromatic carbocycles. The average Bonchev–Trinajstić information content (AvgIpc) is 2.76. The van der Waals surface area contributed by atoms with Crippen molar-refractivity contribution < 1.29 is 14.3 Å². The summed E-state index contributed by atoms with van der Waals surface area (Å²) in [6.45, 7) is 8.64. The van der Waals surface area contributed by atoms with Gasteiger partial charge in [0.2, 0.25) is 0 Å². The van der Waals surface area contributed by atoms with Crippen LogP contribution in [0.4, 0.5) is 5.69 Å². The summed E-state index contributed by atoms with van der Waals surface area (Å²) < 4.78 is 11.8. The number of rotatable bonds is 11. The summed E-state index contributed by atoms with van der Waals surface area (Å²) in [4.78, 5) is 12.5. The highest BCUT2D eigenvalue weighted by Crippen LogP contribution is 2.24. The van der Waals surface area contributed by atoms with Crippen LogP contribution < -0.4 is 10.1 Å². The maximum atomic E-state index is 12.5. The Hall–Kier alpha value is -2.77. The molecule has 160 valence electrons. The predicted molar refractivity (Wildman–Crippen MR) is 123 cm³/mol. The number of nitrogens with one attached hydrogen (secondary N) is 1. The number of carbonyl (C=O) groups excluding carboxylic acids is 1. The molecule has 0 aliphatic heterocycles. The van der Waals surface area contributed by atoms with Crippen LogP contribution in [0.1, 0.15) is 46.1 Å². The van der Waals surface area contributed by atoms with Crippen molar-refractivity contribution in [3.63, 3.8) is 0 Å².